The van der Waals surface area contributed by atoms with Crippen LogP contribution in [0.5, 0.6) is 0 Å². The maximum absolute atomic E-state index is 13.0. The van der Waals surface area contributed by atoms with Crippen LogP contribution < -0.4 is 15.5 Å². The number of carbonyl (C=O) groups excluding carboxylic acids is 1. The third-order valence-electron chi connectivity index (χ3n) is 5.90. The summed E-state index contributed by atoms with van der Waals surface area (Å²) in [6, 6.07) is 9.68. The van der Waals surface area contributed by atoms with E-state index in [-0.39, 0.29) is 17.7 Å². The molecule has 5 rings (SSSR count). The lowest BCUT2D eigenvalue weighted by Crippen LogP contribution is -2.37. The number of amides is 1. The fourth-order valence-electron chi connectivity index (χ4n) is 4.36. The average molecular weight is 422 g/mol. The molecule has 0 spiro atoms. The van der Waals surface area contributed by atoms with Gasteiger partial charge in [-0.3, -0.25) is 9.89 Å². The number of furan rings is 1. The summed E-state index contributed by atoms with van der Waals surface area (Å²) in [6.45, 7) is 4.15. The van der Waals surface area contributed by atoms with Crippen LogP contribution >= 0.6 is 0 Å². The van der Waals surface area contributed by atoms with Crippen LogP contribution in [-0.2, 0) is 4.74 Å². The van der Waals surface area contributed by atoms with Gasteiger partial charge in [-0.05, 0) is 43.0 Å². The molecule has 2 saturated heterocycles. The molecule has 162 valence electrons. The van der Waals surface area contributed by atoms with Gasteiger partial charge in [-0.15, -0.1) is 0 Å². The van der Waals surface area contributed by atoms with Gasteiger partial charge in [0, 0.05) is 25.8 Å². The van der Waals surface area contributed by atoms with Gasteiger partial charge < -0.3 is 24.7 Å². The first-order valence-corrected chi connectivity index (χ1v) is 10.9. The summed E-state index contributed by atoms with van der Waals surface area (Å²) >= 11 is 0. The molecule has 8 heteroatoms. The largest absolute Gasteiger partial charge is 0.451 e. The normalized spacial score (nSPS) is 19.4. The maximum atomic E-state index is 13.0. The Hall–Kier alpha value is -3.10. The van der Waals surface area contributed by atoms with Gasteiger partial charge in [0.05, 0.1) is 42.4 Å². The SMILES string of the molecule is O=C(Nc1cccc(C2COCCN2)c1N1CCCCC1)c1ccc(-c2cn[nH]c2)o1. The molecule has 2 aliphatic heterocycles. The van der Waals surface area contributed by atoms with Crippen LogP contribution in [0.2, 0.25) is 0 Å². The molecule has 0 aliphatic carbocycles. The van der Waals surface area contributed by atoms with Crippen molar-refractivity contribution in [3.8, 4) is 11.3 Å². The van der Waals surface area contributed by atoms with Crippen molar-refractivity contribution in [1.82, 2.24) is 15.5 Å². The number of morpholine rings is 1. The van der Waals surface area contributed by atoms with Gasteiger partial charge in [0.2, 0.25) is 0 Å². The van der Waals surface area contributed by atoms with Gasteiger partial charge >= 0.3 is 0 Å². The second kappa shape index (κ2) is 8.95. The first-order chi connectivity index (χ1) is 15.3. The van der Waals surface area contributed by atoms with Crippen LogP contribution in [0.1, 0.15) is 41.4 Å². The van der Waals surface area contributed by atoms with Crippen LogP contribution in [0.15, 0.2) is 47.1 Å². The molecule has 3 aromatic rings. The average Bonchev–Trinajstić information content (AvgIpc) is 3.52. The standard InChI is InChI=1S/C23H27N5O3/c29-23(21-8-7-20(31-21)16-13-25-26-14-16)27-18-6-4-5-17(19-15-30-12-9-24-19)22(18)28-10-2-1-3-11-28/h4-8,13-14,19,24H,1-3,9-12,15H2,(H,25,26)(H,27,29). The Labute approximate surface area is 181 Å². The third kappa shape index (κ3) is 4.22. The molecule has 3 N–H and O–H groups in total. The smallest absolute Gasteiger partial charge is 0.291 e. The van der Waals surface area contributed by atoms with E-state index in [2.05, 4.69) is 31.8 Å². The van der Waals surface area contributed by atoms with Crippen molar-refractivity contribution in [2.45, 2.75) is 25.3 Å². The summed E-state index contributed by atoms with van der Waals surface area (Å²) in [6.07, 6.45) is 6.95. The molecule has 1 atom stereocenters. The predicted molar refractivity (Wildman–Crippen MR) is 118 cm³/mol. The zero-order valence-corrected chi connectivity index (χ0v) is 17.4. The van der Waals surface area contributed by atoms with E-state index in [1.165, 1.54) is 6.42 Å². The topological polar surface area (TPSA) is 95.4 Å². The van der Waals surface area contributed by atoms with Gasteiger partial charge in [0.1, 0.15) is 5.76 Å². The first-order valence-electron chi connectivity index (χ1n) is 10.9. The van der Waals surface area contributed by atoms with Gasteiger partial charge in [-0.2, -0.15) is 5.10 Å². The van der Waals surface area contributed by atoms with Crippen LogP contribution in [-0.4, -0.2) is 49.0 Å². The molecule has 2 aliphatic rings. The fraction of sp³-hybridized carbons (Fsp3) is 0.391. The van der Waals surface area contributed by atoms with Crippen LogP contribution in [0.25, 0.3) is 11.3 Å². The summed E-state index contributed by atoms with van der Waals surface area (Å²) < 4.78 is 11.5. The Bertz CT molecular complexity index is 1020. The lowest BCUT2D eigenvalue weighted by atomic mass is 9.99. The molecular formula is C23H27N5O3. The maximum Gasteiger partial charge on any atom is 0.291 e. The molecule has 2 aromatic heterocycles. The zero-order valence-electron chi connectivity index (χ0n) is 17.4. The Kier molecular flexibility index (Phi) is 5.73. The molecule has 1 aromatic carbocycles. The van der Waals surface area contributed by atoms with Crippen molar-refractivity contribution in [2.24, 2.45) is 0 Å². The number of anilines is 2. The molecule has 0 saturated carbocycles. The minimum atomic E-state index is -0.266. The predicted octanol–water partition coefficient (Wildman–Crippen LogP) is 3.57. The molecule has 4 heterocycles. The second-order valence-corrected chi connectivity index (χ2v) is 7.98. The molecule has 2 fully saturated rings. The molecule has 31 heavy (non-hydrogen) atoms. The number of benzene rings is 1. The van der Waals surface area contributed by atoms with E-state index in [0.29, 0.717) is 12.4 Å². The summed E-state index contributed by atoms with van der Waals surface area (Å²) in [5.41, 5.74) is 3.86. The van der Waals surface area contributed by atoms with Crippen molar-refractivity contribution < 1.29 is 13.9 Å². The number of rotatable bonds is 5. The van der Waals surface area contributed by atoms with E-state index in [4.69, 9.17) is 9.15 Å². The number of piperidine rings is 1. The number of nitrogens with zero attached hydrogens (tertiary/aromatic N) is 2. The monoisotopic (exact) mass is 421 g/mol. The highest BCUT2D eigenvalue weighted by Gasteiger charge is 2.26. The van der Waals surface area contributed by atoms with Crippen molar-refractivity contribution in [2.75, 3.05) is 43.1 Å². The van der Waals surface area contributed by atoms with Crippen molar-refractivity contribution in [1.29, 1.82) is 0 Å². The van der Waals surface area contributed by atoms with Crippen LogP contribution in [0.3, 0.4) is 0 Å². The van der Waals surface area contributed by atoms with Gasteiger partial charge in [0.25, 0.3) is 5.91 Å². The zero-order chi connectivity index (χ0) is 21.0. The van der Waals surface area contributed by atoms with Crippen LogP contribution in [0, 0.1) is 0 Å². The number of nitrogens with one attached hydrogen (secondary N) is 3. The van der Waals surface area contributed by atoms with E-state index < -0.39 is 0 Å². The number of hydrogen-bond donors (Lipinski definition) is 3. The lowest BCUT2D eigenvalue weighted by molar-refractivity contribution is 0.0770. The van der Waals surface area contributed by atoms with Gasteiger partial charge in [-0.25, -0.2) is 0 Å². The van der Waals surface area contributed by atoms with E-state index in [1.807, 2.05) is 12.1 Å². The van der Waals surface area contributed by atoms with E-state index in [9.17, 15) is 4.79 Å². The molecule has 8 nitrogen and oxygen atoms in total. The highest BCUT2D eigenvalue weighted by atomic mass is 16.5. The van der Waals surface area contributed by atoms with Crippen molar-refractivity contribution in [3.05, 3.63) is 54.0 Å². The summed E-state index contributed by atoms with van der Waals surface area (Å²) in [5, 5.41) is 13.3. The van der Waals surface area contributed by atoms with E-state index >= 15 is 0 Å². The van der Waals surface area contributed by atoms with Crippen molar-refractivity contribution >= 4 is 17.3 Å². The Balaban J connectivity index is 1.44. The van der Waals surface area contributed by atoms with Gasteiger partial charge in [0.15, 0.2) is 5.76 Å². The number of carbonyl (C=O) groups is 1. The Morgan fingerprint density at radius 3 is 2.84 bits per heavy atom. The third-order valence-corrected chi connectivity index (χ3v) is 5.90. The first kappa shape index (κ1) is 19.8. The highest BCUT2D eigenvalue weighted by molar-refractivity contribution is 6.04. The fourth-order valence-corrected chi connectivity index (χ4v) is 4.36. The summed E-state index contributed by atoms with van der Waals surface area (Å²) in [5.74, 6) is 0.607. The number of H-pyrrole nitrogens is 1. The number of aromatic amines is 1. The minimum absolute atomic E-state index is 0.110. The molecule has 0 bridgehead atoms. The molecule has 1 unspecified atom stereocenters. The van der Waals surface area contributed by atoms with Crippen LogP contribution in [0.4, 0.5) is 11.4 Å². The lowest BCUT2D eigenvalue weighted by Gasteiger charge is -2.35. The Morgan fingerprint density at radius 1 is 1.16 bits per heavy atom. The number of hydrogen-bond acceptors (Lipinski definition) is 6. The van der Waals surface area contributed by atoms with E-state index in [1.54, 1.807) is 24.5 Å². The number of aromatic nitrogens is 2. The molecular weight excluding hydrogens is 394 g/mol. The Morgan fingerprint density at radius 2 is 2.06 bits per heavy atom. The quantitative estimate of drug-likeness (QED) is 0.583. The summed E-state index contributed by atoms with van der Waals surface area (Å²) in [4.78, 5) is 15.4. The van der Waals surface area contributed by atoms with Gasteiger partial charge in [-0.1, -0.05) is 12.1 Å². The van der Waals surface area contributed by atoms with Crippen molar-refractivity contribution in [3.63, 3.8) is 0 Å². The molecule has 1 amide bonds. The molecule has 0 radical (unpaired) electrons. The number of ether oxygens (including phenoxy) is 1. The highest BCUT2D eigenvalue weighted by Crippen LogP contribution is 2.37. The second-order valence-electron chi connectivity index (χ2n) is 7.98. The summed E-state index contributed by atoms with van der Waals surface area (Å²) in [7, 11) is 0. The minimum Gasteiger partial charge on any atom is -0.451 e. The van der Waals surface area contributed by atoms with E-state index in [0.717, 1.165) is 61.6 Å². The number of para-hydroxylation sites is 1.